The number of rotatable bonds is 5. The van der Waals surface area contributed by atoms with E-state index in [1.807, 2.05) is 0 Å². The molecule has 1 aromatic carbocycles. The van der Waals surface area contributed by atoms with E-state index in [9.17, 15) is 4.91 Å². The zero-order valence-electron chi connectivity index (χ0n) is 13.0. The summed E-state index contributed by atoms with van der Waals surface area (Å²) in [7, 11) is 0. The van der Waals surface area contributed by atoms with E-state index in [-0.39, 0.29) is 5.41 Å². The molecule has 21 heavy (non-hydrogen) atoms. The molecule has 0 atom stereocenters. The lowest BCUT2D eigenvalue weighted by Gasteiger charge is -2.26. The molecule has 0 aliphatic heterocycles. The molecule has 2 heteroatoms. The first-order valence-corrected chi connectivity index (χ1v) is 8.27. The summed E-state index contributed by atoms with van der Waals surface area (Å²) in [5, 5.41) is 3.14. The zero-order chi connectivity index (χ0) is 14.9. The topological polar surface area (TPSA) is 29.4 Å². The Balaban J connectivity index is 1.88. The van der Waals surface area contributed by atoms with E-state index in [4.69, 9.17) is 0 Å². The first kappa shape index (κ1) is 14.5. The van der Waals surface area contributed by atoms with Crippen molar-refractivity contribution in [3.63, 3.8) is 0 Å². The fourth-order valence-electron chi connectivity index (χ4n) is 3.88. The molecule has 0 N–H and O–H groups in total. The predicted octanol–water partition coefficient (Wildman–Crippen LogP) is 5.65. The van der Waals surface area contributed by atoms with Crippen LogP contribution < -0.4 is 0 Å². The van der Waals surface area contributed by atoms with Gasteiger partial charge in [0.2, 0.25) is 0 Å². The molecule has 0 saturated heterocycles. The Labute approximate surface area is 127 Å². The molecule has 0 heterocycles. The van der Waals surface area contributed by atoms with Gasteiger partial charge in [-0.1, -0.05) is 49.6 Å². The van der Waals surface area contributed by atoms with Crippen LogP contribution in [0, 0.1) is 17.2 Å². The molecule has 2 nitrogen and oxygen atoms in total. The van der Waals surface area contributed by atoms with Crippen LogP contribution >= 0.6 is 0 Å². The van der Waals surface area contributed by atoms with Gasteiger partial charge in [-0.3, -0.25) is 0 Å². The molecule has 2 saturated carbocycles. The van der Waals surface area contributed by atoms with E-state index >= 15 is 0 Å². The normalized spacial score (nSPS) is 21.0. The van der Waals surface area contributed by atoms with Gasteiger partial charge < -0.3 is 0 Å². The summed E-state index contributed by atoms with van der Waals surface area (Å²) in [4.78, 5) is 10.9. The second kappa shape index (κ2) is 5.75. The minimum absolute atomic E-state index is 0.0288. The summed E-state index contributed by atoms with van der Waals surface area (Å²) in [5.41, 5.74) is 4.79. The third-order valence-electron chi connectivity index (χ3n) is 5.45. The van der Waals surface area contributed by atoms with E-state index in [0.29, 0.717) is 11.6 Å². The predicted molar refractivity (Wildman–Crippen MR) is 87.3 cm³/mol. The van der Waals surface area contributed by atoms with E-state index in [1.54, 1.807) is 0 Å². The standard InChI is InChI=1S/C19H25NO/c1-14-8-9-18(16-6-4-3-5-7-16)17(12-14)13-19(10-11-19)15(2)20-21/h8-9,12,16H,2-7,10-11,13H2,1H3. The van der Waals surface area contributed by atoms with Crippen LogP contribution in [0.1, 0.15) is 67.6 Å². The lowest BCUT2D eigenvalue weighted by Crippen LogP contribution is -2.12. The van der Waals surface area contributed by atoms with Gasteiger partial charge >= 0.3 is 0 Å². The third-order valence-corrected chi connectivity index (χ3v) is 5.45. The maximum absolute atomic E-state index is 10.9. The Morgan fingerprint density at radius 1 is 1.29 bits per heavy atom. The van der Waals surface area contributed by atoms with Crippen molar-refractivity contribution in [3.05, 3.63) is 52.1 Å². The minimum atomic E-state index is -0.0288. The second-order valence-electron chi connectivity index (χ2n) is 7.03. The van der Waals surface area contributed by atoms with E-state index in [2.05, 4.69) is 36.9 Å². The SMILES string of the molecule is C=C(N=O)C1(Cc2cc(C)ccc2C2CCCCC2)CC1. The van der Waals surface area contributed by atoms with Crippen LogP contribution in [0.15, 0.2) is 35.7 Å². The molecular formula is C19H25NO. The Morgan fingerprint density at radius 3 is 2.62 bits per heavy atom. The van der Waals surface area contributed by atoms with Crippen LogP contribution in [0.25, 0.3) is 0 Å². The summed E-state index contributed by atoms with van der Waals surface area (Å²) in [6, 6.07) is 6.88. The van der Waals surface area contributed by atoms with Gasteiger partial charge in [0.15, 0.2) is 0 Å². The highest BCUT2D eigenvalue weighted by atomic mass is 16.3. The van der Waals surface area contributed by atoms with Crippen molar-refractivity contribution in [3.8, 4) is 0 Å². The van der Waals surface area contributed by atoms with Gasteiger partial charge in [-0.15, -0.1) is 4.91 Å². The second-order valence-corrected chi connectivity index (χ2v) is 7.03. The summed E-state index contributed by atoms with van der Waals surface area (Å²) < 4.78 is 0. The maximum Gasteiger partial charge on any atom is 0.0842 e. The molecule has 0 unspecified atom stereocenters. The summed E-state index contributed by atoms with van der Waals surface area (Å²) >= 11 is 0. The minimum Gasteiger partial charge on any atom is -0.145 e. The molecular weight excluding hydrogens is 258 g/mol. The Kier molecular flexibility index (Phi) is 3.97. The average molecular weight is 283 g/mol. The summed E-state index contributed by atoms with van der Waals surface area (Å²) in [5.74, 6) is 0.711. The molecule has 0 spiro atoms. The molecule has 1 aromatic rings. The number of hydrogen-bond donors (Lipinski definition) is 0. The van der Waals surface area contributed by atoms with Crippen LogP contribution in [0.2, 0.25) is 0 Å². The van der Waals surface area contributed by atoms with Gasteiger partial charge in [0.1, 0.15) is 0 Å². The fourth-order valence-corrected chi connectivity index (χ4v) is 3.88. The maximum atomic E-state index is 10.9. The van der Waals surface area contributed by atoms with Crippen molar-refractivity contribution >= 4 is 0 Å². The van der Waals surface area contributed by atoms with Gasteiger partial charge in [-0.05, 0) is 61.2 Å². The molecule has 112 valence electrons. The summed E-state index contributed by atoms with van der Waals surface area (Å²) in [6.07, 6.45) is 9.80. The lowest BCUT2D eigenvalue weighted by atomic mass is 9.79. The molecule has 2 fully saturated rings. The van der Waals surface area contributed by atoms with Gasteiger partial charge in [0.05, 0.1) is 5.70 Å². The van der Waals surface area contributed by atoms with E-state index in [0.717, 1.165) is 19.3 Å². The lowest BCUT2D eigenvalue weighted by molar-refractivity contribution is 0.439. The molecule has 0 bridgehead atoms. The molecule has 0 amide bonds. The molecule has 2 aliphatic rings. The van der Waals surface area contributed by atoms with Crippen LogP contribution in [-0.4, -0.2) is 0 Å². The zero-order valence-corrected chi connectivity index (χ0v) is 13.0. The van der Waals surface area contributed by atoms with Gasteiger partial charge in [-0.2, -0.15) is 0 Å². The monoisotopic (exact) mass is 283 g/mol. The molecule has 0 radical (unpaired) electrons. The van der Waals surface area contributed by atoms with Crippen LogP contribution in [0.4, 0.5) is 0 Å². The number of aryl methyl sites for hydroxylation is 1. The van der Waals surface area contributed by atoms with Crippen LogP contribution in [0.5, 0.6) is 0 Å². The highest BCUT2D eigenvalue weighted by molar-refractivity contribution is 5.37. The largest absolute Gasteiger partial charge is 0.145 e. The van der Waals surface area contributed by atoms with E-state index in [1.165, 1.54) is 48.8 Å². The molecule has 2 aliphatic carbocycles. The Morgan fingerprint density at radius 2 is 2.00 bits per heavy atom. The smallest absolute Gasteiger partial charge is 0.0842 e. The number of hydrogen-bond acceptors (Lipinski definition) is 2. The van der Waals surface area contributed by atoms with Gasteiger partial charge in [0, 0.05) is 5.41 Å². The van der Waals surface area contributed by atoms with Crippen molar-refractivity contribution in [1.29, 1.82) is 0 Å². The highest BCUT2D eigenvalue weighted by Crippen LogP contribution is 2.54. The van der Waals surface area contributed by atoms with Crippen LogP contribution in [0.3, 0.4) is 0 Å². The first-order chi connectivity index (χ1) is 10.1. The Bertz CT molecular complexity index is 551. The highest BCUT2D eigenvalue weighted by Gasteiger charge is 2.46. The number of nitrogens with zero attached hydrogens (tertiary/aromatic N) is 1. The van der Waals surface area contributed by atoms with Crippen molar-refractivity contribution in [2.24, 2.45) is 10.6 Å². The fraction of sp³-hybridized carbons (Fsp3) is 0.579. The van der Waals surface area contributed by atoms with Gasteiger partial charge in [-0.25, -0.2) is 0 Å². The number of allylic oxidation sites excluding steroid dienone is 1. The van der Waals surface area contributed by atoms with Crippen LogP contribution in [-0.2, 0) is 6.42 Å². The molecule has 3 rings (SSSR count). The number of nitroso groups, excluding NO2 is 1. The van der Waals surface area contributed by atoms with Crippen molar-refractivity contribution < 1.29 is 0 Å². The Hall–Kier alpha value is -1.44. The van der Waals surface area contributed by atoms with Crippen molar-refractivity contribution in [1.82, 2.24) is 0 Å². The third kappa shape index (κ3) is 2.95. The number of benzene rings is 1. The quantitative estimate of drug-likeness (QED) is 0.642. The first-order valence-electron chi connectivity index (χ1n) is 8.27. The van der Waals surface area contributed by atoms with Gasteiger partial charge in [0.25, 0.3) is 0 Å². The molecule has 0 aromatic heterocycles. The average Bonchev–Trinajstić information content (AvgIpc) is 3.28. The van der Waals surface area contributed by atoms with Crippen molar-refractivity contribution in [2.75, 3.05) is 0 Å². The van der Waals surface area contributed by atoms with E-state index < -0.39 is 0 Å². The summed E-state index contributed by atoms with van der Waals surface area (Å²) in [6.45, 7) is 6.04. The van der Waals surface area contributed by atoms with Crippen molar-refractivity contribution in [2.45, 2.75) is 64.2 Å².